The number of nitrogen functional groups attached to an aromatic ring is 1. The molecule has 2 rings (SSSR count). The van der Waals surface area contributed by atoms with Gasteiger partial charge < -0.3 is 15.7 Å². The number of benzene rings is 1. The lowest BCUT2D eigenvalue weighted by molar-refractivity contribution is 0.0572. The maximum atomic E-state index is 13.2. The zero-order valence-electron chi connectivity index (χ0n) is 9.61. The minimum atomic E-state index is -0.845. The second kappa shape index (κ2) is 4.00. The van der Waals surface area contributed by atoms with Gasteiger partial charge in [-0.05, 0) is 31.5 Å². The summed E-state index contributed by atoms with van der Waals surface area (Å²) in [5.41, 5.74) is 4.78. The molecule has 0 bridgehead atoms. The number of carbonyl (C=O) groups excluding carboxylic acids is 1. The van der Waals surface area contributed by atoms with Crippen molar-refractivity contribution in [3.63, 3.8) is 0 Å². The third kappa shape index (κ3) is 2.39. The molecule has 0 radical (unpaired) electrons. The molecule has 1 aromatic carbocycles. The van der Waals surface area contributed by atoms with Gasteiger partial charge in [-0.3, -0.25) is 4.79 Å². The molecule has 0 aliphatic carbocycles. The van der Waals surface area contributed by atoms with Gasteiger partial charge in [0.05, 0.1) is 11.3 Å². The highest BCUT2D eigenvalue weighted by molar-refractivity contribution is 5.94. The van der Waals surface area contributed by atoms with Crippen LogP contribution in [-0.2, 0) is 0 Å². The Balaban J connectivity index is 2.18. The smallest absolute Gasteiger partial charge is 0.254 e. The normalized spacial score (nSPS) is 24.1. The molecule has 1 atom stereocenters. The van der Waals surface area contributed by atoms with Crippen molar-refractivity contribution in [2.45, 2.75) is 18.9 Å². The zero-order valence-corrected chi connectivity index (χ0v) is 9.61. The summed E-state index contributed by atoms with van der Waals surface area (Å²) < 4.78 is 13.2. The molecule has 0 aromatic heterocycles. The lowest BCUT2D eigenvalue weighted by Crippen LogP contribution is -2.33. The molecule has 1 aliphatic heterocycles. The van der Waals surface area contributed by atoms with Gasteiger partial charge in [0.1, 0.15) is 5.82 Å². The van der Waals surface area contributed by atoms with Gasteiger partial charge in [-0.1, -0.05) is 0 Å². The Bertz CT molecular complexity index is 460. The third-order valence-electron chi connectivity index (χ3n) is 2.99. The molecule has 1 aliphatic rings. The summed E-state index contributed by atoms with van der Waals surface area (Å²) in [4.78, 5) is 13.5. The second-order valence-corrected chi connectivity index (χ2v) is 4.71. The van der Waals surface area contributed by atoms with Crippen LogP contribution in [0.1, 0.15) is 23.7 Å². The molecule has 1 amide bonds. The Labute approximate surface area is 98.8 Å². The summed E-state index contributed by atoms with van der Waals surface area (Å²) in [5.74, 6) is -0.872. The van der Waals surface area contributed by atoms with Gasteiger partial charge in [-0.15, -0.1) is 0 Å². The van der Waals surface area contributed by atoms with Gasteiger partial charge in [0.15, 0.2) is 0 Å². The van der Waals surface area contributed by atoms with E-state index in [4.69, 9.17) is 5.73 Å². The van der Waals surface area contributed by atoms with Crippen molar-refractivity contribution in [2.24, 2.45) is 0 Å². The third-order valence-corrected chi connectivity index (χ3v) is 2.99. The highest BCUT2D eigenvalue weighted by atomic mass is 19.1. The first-order valence-electron chi connectivity index (χ1n) is 5.46. The molecular weight excluding hydrogens is 223 g/mol. The van der Waals surface area contributed by atoms with Crippen LogP contribution in [0, 0.1) is 5.82 Å². The van der Waals surface area contributed by atoms with Crippen molar-refractivity contribution >= 4 is 11.6 Å². The number of likely N-dealkylation sites (tertiary alicyclic amines) is 1. The maximum Gasteiger partial charge on any atom is 0.254 e. The van der Waals surface area contributed by atoms with Gasteiger partial charge in [0.2, 0.25) is 0 Å². The van der Waals surface area contributed by atoms with Crippen LogP contribution in [-0.4, -0.2) is 34.6 Å². The number of nitrogens with zero attached hydrogens (tertiary/aromatic N) is 1. The van der Waals surface area contributed by atoms with Gasteiger partial charge in [-0.2, -0.15) is 0 Å². The topological polar surface area (TPSA) is 66.6 Å². The molecule has 0 spiro atoms. The average molecular weight is 238 g/mol. The summed E-state index contributed by atoms with van der Waals surface area (Å²) in [7, 11) is 0. The van der Waals surface area contributed by atoms with Gasteiger partial charge >= 0.3 is 0 Å². The van der Waals surface area contributed by atoms with Crippen LogP contribution in [0.15, 0.2) is 18.2 Å². The van der Waals surface area contributed by atoms with E-state index in [1.807, 2.05) is 0 Å². The van der Waals surface area contributed by atoms with Crippen molar-refractivity contribution in [1.82, 2.24) is 4.90 Å². The SMILES string of the molecule is CC1(O)CCN(C(=O)c2ccc(N)c(F)c2)C1. The summed E-state index contributed by atoms with van der Waals surface area (Å²) in [6.45, 7) is 2.44. The Morgan fingerprint density at radius 2 is 2.29 bits per heavy atom. The molecule has 1 heterocycles. The molecule has 1 fully saturated rings. The number of rotatable bonds is 1. The van der Waals surface area contributed by atoms with E-state index in [9.17, 15) is 14.3 Å². The van der Waals surface area contributed by atoms with E-state index in [0.717, 1.165) is 6.07 Å². The fourth-order valence-electron chi connectivity index (χ4n) is 1.96. The van der Waals surface area contributed by atoms with E-state index in [2.05, 4.69) is 0 Å². The lowest BCUT2D eigenvalue weighted by Gasteiger charge is -2.19. The number of halogens is 1. The van der Waals surface area contributed by atoms with Gasteiger partial charge in [0, 0.05) is 18.7 Å². The van der Waals surface area contributed by atoms with Crippen molar-refractivity contribution in [3.8, 4) is 0 Å². The van der Waals surface area contributed by atoms with Gasteiger partial charge in [-0.25, -0.2) is 4.39 Å². The zero-order chi connectivity index (χ0) is 12.6. The first-order valence-corrected chi connectivity index (χ1v) is 5.46. The number of nitrogens with two attached hydrogens (primary N) is 1. The first kappa shape index (κ1) is 11.9. The number of anilines is 1. The van der Waals surface area contributed by atoms with E-state index in [1.54, 1.807) is 6.92 Å². The standard InChI is InChI=1S/C12H15FN2O2/c1-12(17)4-5-15(7-12)11(16)8-2-3-10(14)9(13)6-8/h2-3,6,17H,4-5,7,14H2,1H3. The molecule has 17 heavy (non-hydrogen) atoms. The fraction of sp³-hybridized carbons (Fsp3) is 0.417. The van der Waals surface area contributed by atoms with Crippen molar-refractivity contribution in [3.05, 3.63) is 29.6 Å². The number of aliphatic hydroxyl groups is 1. The molecule has 1 saturated heterocycles. The van der Waals surface area contributed by atoms with Gasteiger partial charge in [0.25, 0.3) is 5.91 Å². The quantitative estimate of drug-likeness (QED) is 0.717. The summed E-state index contributed by atoms with van der Waals surface area (Å²) >= 11 is 0. The maximum absolute atomic E-state index is 13.2. The Morgan fingerprint density at radius 3 is 2.82 bits per heavy atom. The van der Waals surface area contributed by atoms with Crippen molar-refractivity contribution in [2.75, 3.05) is 18.8 Å². The summed E-state index contributed by atoms with van der Waals surface area (Å²) in [6.07, 6.45) is 0.538. The number of hydrogen-bond donors (Lipinski definition) is 2. The predicted molar refractivity (Wildman–Crippen MR) is 62.0 cm³/mol. The average Bonchev–Trinajstić information content (AvgIpc) is 2.62. The van der Waals surface area contributed by atoms with Crippen LogP contribution in [0.2, 0.25) is 0 Å². The molecule has 0 saturated carbocycles. The minimum absolute atomic E-state index is 0.0231. The second-order valence-electron chi connectivity index (χ2n) is 4.71. The van der Waals surface area contributed by atoms with Crippen LogP contribution in [0.25, 0.3) is 0 Å². The van der Waals surface area contributed by atoms with Crippen molar-refractivity contribution < 1.29 is 14.3 Å². The van der Waals surface area contributed by atoms with Crippen LogP contribution in [0.3, 0.4) is 0 Å². The minimum Gasteiger partial charge on any atom is -0.396 e. The molecule has 4 nitrogen and oxygen atoms in total. The number of carbonyl (C=O) groups is 1. The van der Waals surface area contributed by atoms with E-state index >= 15 is 0 Å². The highest BCUT2D eigenvalue weighted by Crippen LogP contribution is 2.22. The Kier molecular flexibility index (Phi) is 2.79. The Hall–Kier alpha value is -1.62. The predicted octanol–water partition coefficient (Wildman–Crippen LogP) is 1.00. The monoisotopic (exact) mass is 238 g/mol. The summed E-state index contributed by atoms with van der Waals surface area (Å²) in [6, 6.07) is 4.00. The molecule has 1 aromatic rings. The molecular formula is C12H15FN2O2. The fourth-order valence-corrected chi connectivity index (χ4v) is 1.96. The van der Waals surface area contributed by atoms with E-state index in [-0.39, 0.29) is 23.7 Å². The van der Waals surface area contributed by atoms with E-state index in [1.165, 1.54) is 17.0 Å². The van der Waals surface area contributed by atoms with Crippen LogP contribution in [0.4, 0.5) is 10.1 Å². The number of β-amino-alcohol motifs (C(OH)–C–C–N with tert-alkyl or cyclic N) is 1. The van der Waals surface area contributed by atoms with Crippen molar-refractivity contribution in [1.29, 1.82) is 0 Å². The number of amides is 1. The van der Waals surface area contributed by atoms with Crippen LogP contribution < -0.4 is 5.73 Å². The van der Waals surface area contributed by atoms with E-state index in [0.29, 0.717) is 13.0 Å². The molecule has 1 unspecified atom stereocenters. The summed E-state index contributed by atoms with van der Waals surface area (Å²) in [5, 5.41) is 9.77. The number of hydrogen-bond acceptors (Lipinski definition) is 3. The molecule has 5 heteroatoms. The molecule has 3 N–H and O–H groups in total. The first-order chi connectivity index (χ1) is 7.89. The van der Waals surface area contributed by atoms with Crippen LogP contribution >= 0.6 is 0 Å². The largest absolute Gasteiger partial charge is 0.396 e. The highest BCUT2D eigenvalue weighted by Gasteiger charge is 2.34. The van der Waals surface area contributed by atoms with E-state index < -0.39 is 11.4 Å². The molecule has 92 valence electrons. The lowest BCUT2D eigenvalue weighted by atomic mass is 10.1. The van der Waals surface area contributed by atoms with Crippen LogP contribution in [0.5, 0.6) is 0 Å². The Morgan fingerprint density at radius 1 is 1.59 bits per heavy atom.